The number of hydrogen-bond donors (Lipinski definition) is 2. The Bertz CT molecular complexity index is 728. The molecule has 25 heavy (non-hydrogen) atoms. The number of nitrogens with one attached hydrogen (secondary N) is 2. The molecule has 1 heterocycles. The van der Waals surface area contributed by atoms with Gasteiger partial charge in [-0.3, -0.25) is 4.79 Å². The lowest BCUT2D eigenvalue weighted by Crippen LogP contribution is -2.26. The fourth-order valence-electron chi connectivity index (χ4n) is 3.05. The zero-order chi connectivity index (χ0) is 17.6. The van der Waals surface area contributed by atoms with E-state index >= 15 is 0 Å². The lowest BCUT2D eigenvalue weighted by molar-refractivity contribution is 0.0949. The predicted octanol–water partition coefficient (Wildman–Crippen LogP) is 4.72. The SMILES string of the molecule is O=C(NCCc1ccc(Cl)cc1Cl)c1ccc(NC2CCCC2)cn1. The number of aromatic nitrogens is 1. The second-order valence-electron chi connectivity index (χ2n) is 6.30. The third-order valence-corrected chi connectivity index (χ3v) is 5.00. The number of halogens is 2. The van der Waals surface area contributed by atoms with Gasteiger partial charge in [0.25, 0.3) is 5.91 Å². The summed E-state index contributed by atoms with van der Waals surface area (Å²) in [7, 11) is 0. The predicted molar refractivity (Wildman–Crippen MR) is 103 cm³/mol. The van der Waals surface area contributed by atoms with Crippen LogP contribution in [0.5, 0.6) is 0 Å². The Labute approximate surface area is 157 Å². The summed E-state index contributed by atoms with van der Waals surface area (Å²) in [5.41, 5.74) is 2.34. The smallest absolute Gasteiger partial charge is 0.269 e. The topological polar surface area (TPSA) is 54.0 Å². The van der Waals surface area contributed by atoms with Crippen molar-refractivity contribution in [1.29, 1.82) is 0 Å². The number of hydrogen-bond acceptors (Lipinski definition) is 3. The molecule has 0 radical (unpaired) electrons. The Kier molecular flexibility index (Phi) is 6.16. The zero-order valence-electron chi connectivity index (χ0n) is 13.9. The van der Waals surface area contributed by atoms with Gasteiger partial charge in [0, 0.05) is 22.6 Å². The highest BCUT2D eigenvalue weighted by Crippen LogP contribution is 2.22. The van der Waals surface area contributed by atoms with Crippen LogP contribution in [0.25, 0.3) is 0 Å². The van der Waals surface area contributed by atoms with Gasteiger partial charge in [-0.25, -0.2) is 4.98 Å². The van der Waals surface area contributed by atoms with Gasteiger partial charge in [-0.2, -0.15) is 0 Å². The first-order valence-electron chi connectivity index (χ1n) is 8.56. The molecule has 6 heteroatoms. The van der Waals surface area contributed by atoms with Gasteiger partial charge in [0.2, 0.25) is 0 Å². The van der Waals surface area contributed by atoms with Crippen molar-refractivity contribution in [2.75, 3.05) is 11.9 Å². The van der Waals surface area contributed by atoms with Crippen molar-refractivity contribution in [3.05, 3.63) is 57.8 Å². The molecule has 1 aromatic carbocycles. The molecule has 1 saturated carbocycles. The molecule has 3 rings (SSSR count). The highest BCUT2D eigenvalue weighted by atomic mass is 35.5. The van der Waals surface area contributed by atoms with Gasteiger partial charge in [-0.15, -0.1) is 0 Å². The second-order valence-corrected chi connectivity index (χ2v) is 7.14. The van der Waals surface area contributed by atoms with Crippen molar-refractivity contribution < 1.29 is 4.79 Å². The fraction of sp³-hybridized carbons (Fsp3) is 0.368. The van der Waals surface area contributed by atoms with Gasteiger partial charge in [0.15, 0.2) is 0 Å². The molecule has 1 aliphatic carbocycles. The van der Waals surface area contributed by atoms with Crippen molar-refractivity contribution in [3.8, 4) is 0 Å². The van der Waals surface area contributed by atoms with E-state index < -0.39 is 0 Å². The monoisotopic (exact) mass is 377 g/mol. The average Bonchev–Trinajstić information content (AvgIpc) is 3.10. The maximum Gasteiger partial charge on any atom is 0.269 e. The summed E-state index contributed by atoms with van der Waals surface area (Å²) < 4.78 is 0. The first-order valence-corrected chi connectivity index (χ1v) is 9.32. The molecule has 0 bridgehead atoms. The van der Waals surface area contributed by atoms with Gasteiger partial charge < -0.3 is 10.6 Å². The molecular weight excluding hydrogens is 357 g/mol. The van der Waals surface area contributed by atoms with Gasteiger partial charge in [-0.05, 0) is 49.1 Å². The van der Waals surface area contributed by atoms with Crippen LogP contribution in [0.3, 0.4) is 0 Å². The maximum absolute atomic E-state index is 12.2. The number of carbonyl (C=O) groups is 1. The number of benzene rings is 1. The van der Waals surface area contributed by atoms with Crippen molar-refractivity contribution in [2.24, 2.45) is 0 Å². The molecule has 1 amide bonds. The van der Waals surface area contributed by atoms with Crippen molar-refractivity contribution >= 4 is 34.8 Å². The van der Waals surface area contributed by atoms with E-state index in [1.807, 2.05) is 12.1 Å². The van der Waals surface area contributed by atoms with E-state index in [9.17, 15) is 4.79 Å². The van der Waals surface area contributed by atoms with Crippen LogP contribution in [0, 0.1) is 0 Å². The van der Waals surface area contributed by atoms with Crippen LogP contribution in [0.1, 0.15) is 41.7 Å². The molecule has 4 nitrogen and oxygen atoms in total. The molecule has 1 aromatic heterocycles. The second kappa shape index (κ2) is 8.54. The third kappa shape index (κ3) is 5.10. The quantitative estimate of drug-likeness (QED) is 0.765. The number of pyridine rings is 1. The summed E-state index contributed by atoms with van der Waals surface area (Å²) in [6.07, 6.45) is 7.34. The van der Waals surface area contributed by atoms with Crippen LogP contribution >= 0.6 is 23.2 Å². The van der Waals surface area contributed by atoms with E-state index in [-0.39, 0.29) is 5.91 Å². The van der Waals surface area contributed by atoms with Crippen molar-refractivity contribution in [2.45, 2.75) is 38.1 Å². The Hall–Kier alpha value is -1.78. The van der Waals surface area contributed by atoms with Crippen molar-refractivity contribution in [1.82, 2.24) is 10.3 Å². The molecule has 1 aliphatic rings. The zero-order valence-corrected chi connectivity index (χ0v) is 15.4. The van der Waals surface area contributed by atoms with Crippen LogP contribution in [0.2, 0.25) is 10.0 Å². The summed E-state index contributed by atoms with van der Waals surface area (Å²) in [6, 6.07) is 9.57. The van der Waals surface area contributed by atoms with E-state index in [2.05, 4.69) is 15.6 Å². The van der Waals surface area contributed by atoms with Crippen LogP contribution in [0.4, 0.5) is 5.69 Å². The first kappa shape index (κ1) is 18.0. The average molecular weight is 378 g/mol. The lowest BCUT2D eigenvalue weighted by Gasteiger charge is -2.13. The van der Waals surface area contributed by atoms with Gasteiger partial charge >= 0.3 is 0 Å². The van der Waals surface area contributed by atoms with Crippen LogP contribution in [-0.4, -0.2) is 23.5 Å². The maximum atomic E-state index is 12.2. The van der Waals surface area contributed by atoms with Crippen LogP contribution in [-0.2, 0) is 6.42 Å². The Morgan fingerprint density at radius 3 is 2.64 bits per heavy atom. The Morgan fingerprint density at radius 2 is 1.96 bits per heavy atom. The van der Waals surface area contributed by atoms with E-state index in [4.69, 9.17) is 23.2 Å². The summed E-state index contributed by atoms with van der Waals surface area (Å²) in [4.78, 5) is 16.4. The molecule has 2 N–H and O–H groups in total. The summed E-state index contributed by atoms with van der Waals surface area (Å²) in [6.45, 7) is 0.490. The Morgan fingerprint density at radius 1 is 1.16 bits per heavy atom. The fourth-order valence-corrected chi connectivity index (χ4v) is 3.55. The van der Waals surface area contributed by atoms with E-state index in [0.717, 1.165) is 11.3 Å². The number of rotatable bonds is 6. The van der Waals surface area contributed by atoms with E-state index in [1.54, 1.807) is 24.4 Å². The highest BCUT2D eigenvalue weighted by Gasteiger charge is 2.15. The molecule has 0 saturated heterocycles. The van der Waals surface area contributed by atoms with E-state index in [1.165, 1.54) is 25.7 Å². The first-order chi connectivity index (χ1) is 12.1. The number of amides is 1. The number of carbonyl (C=O) groups excluding carboxylic acids is 1. The molecule has 0 unspecified atom stereocenters. The normalized spacial score (nSPS) is 14.5. The van der Waals surface area contributed by atoms with Crippen molar-refractivity contribution in [3.63, 3.8) is 0 Å². The minimum Gasteiger partial charge on any atom is -0.381 e. The molecular formula is C19H21Cl2N3O. The van der Waals surface area contributed by atoms with Gasteiger partial charge in [0.1, 0.15) is 5.69 Å². The van der Waals surface area contributed by atoms with E-state index in [0.29, 0.717) is 34.7 Å². The third-order valence-electron chi connectivity index (χ3n) is 4.42. The minimum atomic E-state index is -0.183. The molecule has 0 atom stereocenters. The van der Waals surface area contributed by atoms with Gasteiger partial charge in [0.05, 0.1) is 11.9 Å². The molecule has 0 spiro atoms. The van der Waals surface area contributed by atoms with Crippen LogP contribution < -0.4 is 10.6 Å². The standard InChI is InChI=1S/C19H21Cl2N3O/c20-14-6-5-13(17(21)11-14)9-10-22-19(25)18-8-7-16(12-23-18)24-15-3-1-2-4-15/h5-8,11-12,15,24H,1-4,9-10H2,(H,22,25). The molecule has 1 fully saturated rings. The molecule has 2 aromatic rings. The van der Waals surface area contributed by atoms with Crippen LogP contribution in [0.15, 0.2) is 36.5 Å². The summed E-state index contributed by atoms with van der Waals surface area (Å²) in [5, 5.41) is 7.55. The summed E-state index contributed by atoms with van der Waals surface area (Å²) >= 11 is 12.0. The molecule has 132 valence electrons. The lowest BCUT2D eigenvalue weighted by atomic mass is 10.1. The largest absolute Gasteiger partial charge is 0.381 e. The Balaban J connectivity index is 1.49. The minimum absolute atomic E-state index is 0.183. The summed E-state index contributed by atoms with van der Waals surface area (Å²) in [5.74, 6) is -0.183. The molecule has 0 aliphatic heterocycles. The highest BCUT2D eigenvalue weighted by molar-refractivity contribution is 6.35. The number of nitrogens with zero attached hydrogens (tertiary/aromatic N) is 1. The number of anilines is 1. The van der Waals surface area contributed by atoms with Gasteiger partial charge in [-0.1, -0.05) is 42.1 Å².